The van der Waals surface area contributed by atoms with Crippen molar-refractivity contribution in [2.75, 3.05) is 0 Å². The molecule has 2 aliphatic rings. The normalized spacial score (nSPS) is 20.0. The molecule has 7 heteroatoms. The van der Waals surface area contributed by atoms with E-state index in [1.54, 1.807) is 0 Å². The Labute approximate surface area is 140 Å². The number of aromatic nitrogens is 2. The first kappa shape index (κ1) is 16.8. The summed E-state index contributed by atoms with van der Waals surface area (Å²) in [5, 5.41) is 13.3. The lowest BCUT2D eigenvalue weighted by molar-refractivity contribution is 0.0920. The van der Waals surface area contributed by atoms with Gasteiger partial charge >= 0.3 is 5.69 Å². The second kappa shape index (κ2) is 7.23. The minimum absolute atomic E-state index is 0.0279. The summed E-state index contributed by atoms with van der Waals surface area (Å²) in [5.41, 5.74) is -1.80. The van der Waals surface area contributed by atoms with Gasteiger partial charge in [0.05, 0.1) is 0 Å². The van der Waals surface area contributed by atoms with Crippen molar-refractivity contribution < 1.29 is 9.90 Å². The highest BCUT2D eigenvalue weighted by Crippen LogP contribution is 2.30. The Morgan fingerprint density at radius 3 is 2.21 bits per heavy atom. The fourth-order valence-corrected chi connectivity index (χ4v) is 3.93. The molecule has 0 bridgehead atoms. The molecule has 1 amide bonds. The lowest BCUT2D eigenvalue weighted by Crippen LogP contribution is -2.42. The Hall–Kier alpha value is -2.05. The van der Waals surface area contributed by atoms with Crippen LogP contribution >= 0.6 is 0 Å². The number of nitrogens with one attached hydrogen (secondary N) is 2. The molecule has 0 saturated heterocycles. The van der Waals surface area contributed by atoms with Crippen LogP contribution in [0.2, 0.25) is 0 Å². The highest BCUT2D eigenvalue weighted by atomic mass is 16.3. The van der Waals surface area contributed by atoms with Gasteiger partial charge in [0.1, 0.15) is 0 Å². The fraction of sp³-hybridized carbons (Fsp3) is 0.706. The van der Waals surface area contributed by atoms with Crippen molar-refractivity contribution in [3.63, 3.8) is 0 Å². The lowest BCUT2D eigenvalue weighted by atomic mass is 9.95. The fourth-order valence-electron chi connectivity index (χ4n) is 3.93. The molecule has 2 saturated carbocycles. The van der Waals surface area contributed by atoms with E-state index in [-0.39, 0.29) is 17.6 Å². The van der Waals surface area contributed by atoms with Crippen molar-refractivity contribution in [1.82, 2.24) is 14.9 Å². The largest absolute Gasteiger partial charge is 0.494 e. The summed E-state index contributed by atoms with van der Waals surface area (Å²) >= 11 is 0. The molecule has 1 aromatic rings. The molecule has 132 valence electrons. The van der Waals surface area contributed by atoms with E-state index in [0.717, 1.165) is 64.2 Å². The number of nitrogens with zero attached hydrogens (tertiary/aromatic N) is 1. The van der Waals surface area contributed by atoms with Gasteiger partial charge in [0.15, 0.2) is 5.56 Å². The molecule has 0 aromatic carbocycles. The van der Waals surface area contributed by atoms with Crippen LogP contribution in [0.25, 0.3) is 0 Å². The zero-order valence-electron chi connectivity index (χ0n) is 13.8. The van der Waals surface area contributed by atoms with Crippen molar-refractivity contribution in [2.45, 2.75) is 76.3 Å². The quantitative estimate of drug-likeness (QED) is 0.783. The van der Waals surface area contributed by atoms with Crippen molar-refractivity contribution in [1.29, 1.82) is 0 Å². The van der Waals surface area contributed by atoms with Gasteiger partial charge in [-0.25, -0.2) is 4.79 Å². The number of H-pyrrole nitrogens is 1. The minimum Gasteiger partial charge on any atom is -0.494 e. The summed E-state index contributed by atoms with van der Waals surface area (Å²) in [4.78, 5) is 38.9. The summed E-state index contributed by atoms with van der Waals surface area (Å²) in [6.07, 6.45) is 9.60. The molecule has 1 heterocycles. The molecule has 0 spiro atoms. The molecule has 2 aliphatic carbocycles. The van der Waals surface area contributed by atoms with E-state index in [4.69, 9.17) is 0 Å². The summed E-state index contributed by atoms with van der Waals surface area (Å²) < 4.78 is 1.19. The van der Waals surface area contributed by atoms with Gasteiger partial charge in [-0.1, -0.05) is 38.5 Å². The maximum absolute atomic E-state index is 12.5. The summed E-state index contributed by atoms with van der Waals surface area (Å²) in [6, 6.07) is -0.135. The van der Waals surface area contributed by atoms with Crippen LogP contribution in [-0.2, 0) is 0 Å². The standard InChI is InChI=1S/C17H25N3O4/c21-14(18-11-7-3-1-4-8-11)13-15(22)19-17(24)20(16(13)23)12-9-5-2-6-10-12/h11-12,23H,1-10H2,(H,18,21)(H,19,22,24). The molecule has 0 aliphatic heterocycles. The topological polar surface area (TPSA) is 104 Å². The van der Waals surface area contributed by atoms with Gasteiger partial charge in [-0.15, -0.1) is 0 Å². The third kappa shape index (κ3) is 3.39. The van der Waals surface area contributed by atoms with Crippen molar-refractivity contribution in [2.24, 2.45) is 0 Å². The average molecular weight is 335 g/mol. The number of carbonyl (C=O) groups excluding carboxylic acids is 1. The zero-order chi connectivity index (χ0) is 17.1. The highest BCUT2D eigenvalue weighted by Gasteiger charge is 2.27. The lowest BCUT2D eigenvalue weighted by Gasteiger charge is -2.26. The minimum atomic E-state index is -0.821. The summed E-state index contributed by atoms with van der Waals surface area (Å²) in [5.74, 6) is -1.09. The van der Waals surface area contributed by atoms with Gasteiger partial charge in [0.2, 0.25) is 5.88 Å². The predicted octanol–water partition coefficient (Wildman–Crippen LogP) is 1.81. The Morgan fingerprint density at radius 1 is 1.00 bits per heavy atom. The number of rotatable bonds is 3. The van der Waals surface area contributed by atoms with Gasteiger partial charge < -0.3 is 10.4 Å². The van der Waals surface area contributed by atoms with E-state index in [9.17, 15) is 19.5 Å². The molecule has 0 atom stereocenters. The van der Waals surface area contributed by atoms with Gasteiger partial charge in [-0.05, 0) is 25.7 Å². The highest BCUT2D eigenvalue weighted by molar-refractivity contribution is 5.96. The third-order valence-corrected chi connectivity index (χ3v) is 5.23. The van der Waals surface area contributed by atoms with E-state index in [0.29, 0.717) is 0 Å². The van der Waals surface area contributed by atoms with Gasteiger partial charge in [-0.2, -0.15) is 0 Å². The average Bonchev–Trinajstić information content (AvgIpc) is 2.56. The summed E-state index contributed by atoms with van der Waals surface area (Å²) in [6.45, 7) is 0. The molecule has 24 heavy (non-hydrogen) atoms. The molecule has 0 radical (unpaired) electrons. The van der Waals surface area contributed by atoms with Crippen LogP contribution in [-0.4, -0.2) is 26.6 Å². The first-order valence-electron chi connectivity index (χ1n) is 8.96. The summed E-state index contributed by atoms with van der Waals surface area (Å²) in [7, 11) is 0. The number of aromatic amines is 1. The molecular formula is C17H25N3O4. The van der Waals surface area contributed by atoms with Crippen LogP contribution in [0.4, 0.5) is 0 Å². The van der Waals surface area contributed by atoms with Gasteiger partial charge in [-0.3, -0.25) is 19.1 Å². The number of hydrogen-bond donors (Lipinski definition) is 3. The van der Waals surface area contributed by atoms with Crippen LogP contribution in [0.3, 0.4) is 0 Å². The van der Waals surface area contributed by atoms with E-state index >= 15 is 0 Å². The monoisotopic (exact) mass is 335 g/mol. The van der Waals surface area contributed by atoms with Crippen molar-refractivity contribution >= 4 is 5.91 Å². The molecule has 7 nitrogen and oxygen atoms in total. The molecule has 3 N–H and O–H groups in total. The molecular weight excluding hydrogens is 310 g/mol. The number of aromatic hydroxyl groups is 1. The van der Waals surface area contributed by atoms with Gasteiger partial charge in [0, 0.05) is 12.1 Å². The van der Waals surface area contributed by atoms with Gasteiger partial charge in [0.25, 0.3) is 11.5 Å². The van der Waals surface area contributed by atoms with E-state index in [2.05, 4.69) is 10.3 Å². The molecule has 1 aromatic heterocycles. The Morgan fingerprint density at radius 2 is 1.58 bits per heavy atom. The van der Waals surface area contributed by atoms with E-state index in [1.165, 1.54) is 4.57 Å². The Kier molecular flexibility index (Phi) is 5.06. The second-order valence-corrected chi connectivity index (χ2v) is 6.93. The molecule has 3 rings (SSSR count). The maximum atomic E-state index is 12.5. The SMILES string of the molecule is O=C(NC1CCCCC1)c1c(O)n(C2CCCCC2)c(=O)[nH]c1=O. The Bertz CT molecular complexity index is 710. The Balaban J connectivity index is 1.90. The zero-order valence-corrected chi connectivity index (χ0v) is 13.8. The van der Waals surface area contributed by atoms with Crippen LogP contribution in [0.1, 0.15) is 80.6 Å². The van der Waals surface area contributed by atoms with E-state index < -0.39 is 23.0 Å². The van der Waals surface area contributed by atoms with Crippen molar-refractivity contribution in [3.8, 4) is 5.88 Å². The smallest absolute Gasteiger partial charge is 0.331 e. The second-order valence-electron chi connectivity index (χ2n) is 6.93. The molecule has 2 fully saturated rings. The number of hydrogen-bond acceptors (Lipinski definition) is 4. The van der Waals surface area contributed by atoms with Crippen LogP contribution < -0.4 is 16.6 Å². The van der Waals surface area contributed by atoms with Crippen LogP contribution in [0.15, 0.2) is 9.59 Å². The predicted molar refractivity (Wildman–Crippen MR) is 89.4 cm³/mol. The number of amides is 1. The van der Waals surface area contributed by atoms with Crippen molar-refractivity contribution in [3.05, 3.63) is 26.4 Å². The third-order valence-electron chi connectivity index (χ3n) is 5.23. The van der Waals surface area contributed by atoms with E-state index in [1.807, 2.05) is 0 Å². The number of carbonyl (C=O) groups is 1. The molecule has 0 unspecified atom stereocenters. The first-order chi connectivity index (χ1) is 11.6. The van der Waals surface area contributed by atoms with Crippen LogP contribution in [0, 0.1) is 0 Å². The van der Waals surface area contributed by atoms with Crippen LogP contribution in [0.5, 0.6) is 5.88 Å². The first-order valence-corrected chi connectivity index (χ1v) is 8.96. The maximum Gasteiger partial charge on any atom is 0.331 e.